The van der Waals surface area contributed by atoms with Crippen molar-refractivity contribution in [2.45, 2.75) is 19.3 Å². The maximum absolute atomic E-state index is 8.49. The number of halogens is 1. The number of hydrogen-bond donors (Lipinski definition) is 1. The Morgan fingerprint density at radius 1 is 1.00 bits per heavy atom. The number of aromatic amines is 1. The third kappa shape index (κ3) is 3.09. The van der Waals surface area contributed by atoms with Gasteiger partial charge >= 0.3 is 0 Å². The van der Waals surface area contributed by atoms with Gasteiger partial charge in [0.05, 0.1) is 0 Å². The minimum atomic E-state index is -4.94. The number of benzene rings is 1. The molecule has 3 heterocycles. The second-order valence-electron chi connectivity index (χ2n) is 5.19. The summed E-state index contributed by atoms with van der Waals surface area (Å²) in [5.74, 6) is 0. The fraction of sp³-hybridized carbons (Fsp3) is 0.357. The smallest absolute Gasteiger partial charge is 0.200 e. The summed E-state index contributed by atoms with van der Waals surface area (Å²) in [6.45, 7) is 2.47. The van der Waals surface area contributed by atoms with Crippen LogP contribution in [-0.4, -0.2) is 28.4 Å². The van der Waals surface area contributed by atoms with Crippen LogP contribution in [0.3, 0.4) is 0 Å². The Morgan fingerprint density at radius 2 is 1.71 bits per heavy atom. The molecule has 2 aliphatic heterocycles. The summed E-state index contributed by atoms with van der Waals surface area (Å²) in [6, 6.07) is 8.69. The molecule has 0 atom stereocenters. The van der Waals surface area contributed by atoms with Gasteiger partial charge in [-0.25, -0.2) is 23.2 Å². The Balaban J connectivity index is 0.000000233. The van der Waals surface area contributed by atoms with E-state index < -0.39 is 10.2 Å². The van der Waals surface area contributed by atoms with Gasteiger partial charge in [0.1, 0.15) is 18.8 Å². The molecule has 0 saturated carbocycles. The van der Waals surface area contributed by atoms with Crippen molar-refractivity contribution >= 4 is 16.6 Å². The Hall–Kier alpha value is -1.44. The lowest BCUT2D eigenvalue weighted by Gasteiger charge is -2.17. The second kappa shape index (κ2) is 5.40. The topological polar surface area (TPSA) is 111 Å². The highest BCUT2D eigenvalue weighted by atomic mass is 35.7. The summed E-state index contributed by atoms with van der Waals surface area (Å²) in [5.41, 5.74) is 5.82. The molecule has 1 N–H and O–H groups in total. The van der Waals surface area contributed by atoms with Crippen LogP contribution < -0.4 is 18.6 Å². The van der Waals surface area contributed by atoms with Gasteiger partial charge in [-0.1, -0.05) is 18.2 Å². The largest absolute Gasteiger partial charge is 0.350 e. The minimum Gasteiger partial charge on any atom is -0.350 e. The molecule has 0 fully saturated rings. The van der Waals surface area contributed by atoms with Crippen LogP contribution in [0.15, 0.2) is 24.3 Å². The molecule has 1 aromatic heterocycles. The fourth-order valence-electron chi connectivity index (χ4n) is 3.21. The molecule has 0 aliphatic carbocycles. The van der Waals surface area contributed by atoms with Crippen molar-refractivity contribution in [2.75, 3.05) is 13.1 Å². The van der Waals surface area contributed by atoms with Crippen LogP contribution in [0.25, 0.3) is 10.9 Å². The SMILES string of the molecule is [O-][Cl+3]([O-])([O-])[O-].c1ccc2c3c([nH]c2c1)C1=[N+](CCC1)CC3. The monoisotopic (exact) mass is 310 g/mol. The quantitative estimate of drug-likeness (QED) is 0.545. The van der Waals surface area contributed by atoms with Crippen LogP contribution in [0.2, 0.25) is 0 Å². The van der Waals surface area contributed by atoms with E-state index in [1.807, 2.05) is 0 Å². The highest BCUT2D eigenvalue weighted by molar-refractivity contribution is 6.03. The normalized spacial score (nSPS) is 17.3. The van der Waals surface area contributed by atoms with E-state index in [-0.39, 0.29) is 0 Å². The highest BCUT2D eigenvalue weighted by Gasteiger charge is 2.32. The number of nitrogens with one attached hydrogen (secondary N) is 1. The summed E-state index contributed by atoms with van der Waals surface area (Å²) < 4.78 is 36.5. The molecule has 112 valence electrons. The third-order valence-corrected chi connectivity index (χ3v) is 3.96. The molecule has 6 nitrogen and oxygen atoms in total. The molecule has 0 radical (unpaired) electrons. The maximum atomic E-state index is 8.49. The van der Waals surface area contributed by atoms with Gasteiger partial charge in [-0.3, -0.25) is 0 Å². The molecule has 0 amide bonds. The van der Waals surface area contributed by atoms with E-state index in [1.54, 1.807) is 11.3 Å². The molecule has 0 unspecified atom stereocenters. The Bertz CT molecular complexity index is 697. The van der Waals surface area contributed by atoms with E-state index in [1.165, 1.54) is 48.9 Å². The van der Waals surface area contributed by atoms with Crippen molar-refractivity contribution in [1.82, 2.24) is 4.98 Å². The van der Waals surface area contributed by atoms with Gasteiger partial charge in [-0.15, -0.1) is 10.2 Å². The van der Waals surface area contributed by atoms with E-state index >= 15 is 0 Å². The average molecular weight is 311 g/mol. The number of hydrogen-bond acceptors (Lipinski definition) is 4. The average Bonchev–Trinajstić information content (AvgIpc) is 3.00. The van der Waals surface area contributed by atoms with Crippen molar-refractivity contribution in [3.05, 3.63) is 35.5 Å². The first-order valence-electron chi connectivity index (χ1n) is 6.76. The van der Waals surface area contributed by atoms with Crippen LogP contribution in [0, 0.1) is 10.2 Å². The molecule has 1 aromatic carbocycles. The number of para-hydroxylation sites is 1. The zero-order chi connectivity index (χ0) is 15.0. The molecule has 2 aromatic rings. The summed E-state index contributed by atoms with van der Waals surface area (Å²) in [6.07, 6.45) is 3.77. The zero-order valence-corrected chi connectivity index (χ0v) is 12.1. The fourth-order valence-corrected chi connectivity index (χ4v) is 3.21. The van der Waals surface area contributed by atoms with Gasteiger partial charge in [0.2, 0.25) is 0 Å². The number of aromatic nitrogens is 1. The number of fused-ring (bicyclic) bond motifs is 4. The Kier molecular flexibility index (Phi) is 3.73. The lowest BCUT2D eigenvalue weighted by Crippen LogP contribution is -2.68. The van der Waals surface area contributed by atoms with Crippen molar-refractivity contribution in [2.24, 2.45) is 0 Å². The maximum Gasteiger partial charge on any atom is 0.200 e. The number of nitrogens with zero attached hydrogens (tertiary/aromatic N) is 1. The van der Waals surface area contributed by atoms with Gasteiger partial charge in [-0.2, -0.15) is 0 Å². The summed E-state index contributed by atoms with van der Waals surface area (Å²) in [4.78, 5) is 3.61. The molecule has 4 rings (SSSR count). The summed E-state index contributed by atoms with van der Waals surface area (Å²) in [5, 5.41) is 1.43. The van der Waals surface area contributed by atoms with Crippen LogP contribution in [-0.2, 0) is 6.42 Å². The van der Waals surface area contributed by atoms with E-state index in [9.17, 15) is 0 Å². The van der Waals surface area contributed by atoms with Crippen molar-refractivity contribution < 1.29 is 33.5 Å². The molecule has 2 aliphatic rings. The Labute approximate surface area is 123 Å². The summed E-state index contributed by atoms with van der Waals surface area (Å²) >= 11 is 0. The van der Waals surface area contributed by atoms with Crippen LogP contribution in [0.4, 0.5) is 0 Å². The standard InChI is InChI=1S/C14H14N2.ClHO4/c1-2-5-12-10(4-1)11-7-9-16-8-3-6-13(16)14(11)15-12;2-1(3,4)5/h1-2,4-5H,3,6-9H2;(H,2,3,4,5). The first kappa shape index (κ1) is 14.5. The first-order valence-corrected chi connectivity index (χ1v) is 7.99. The van der Waals surface area contributed by atoms with Crippen molar-refractivity contribution in [3.8, 4) is 0 Å². The van der Waals surface area contributed by atoms with Crippen LogP contribution in [0.5, 0.6) is 0 Å². The lowest BCUT2D eigenvalue weighted by atomic mass is 10.0. The van der Waals surface area contributed by atoms with Crippen LogP contribution >= 0.6 is 0 Å². The van der Waals surface area contributed by atoms with Gasteiger partial charge in [0, 0.05) is 30.2 Å². The zero-order valence-electron chi connectivity index (χ0n) is 11.3. The van der Waals surface area contributed by atoms with E-state index in [2.05, 4.69) is 33.8 Å². The van der Waals surface area contributed by atoms with Gasteiger partial charge in [0.15, 0.2) is 5.71 Å². The van der Waals surface area contributed by atoms with Gasteiger partial charge < -0.3 is 4.98 Å². The molecule has 7 heteroatoms. The van der Waals surface area contributed by atoms with Crippen LogP contribution in [0.1, 0.15) is 24.1 Å². The Morgan fingerprint density at radius 3 is 2.48 bits per heavy atom. The molecular formula is C14H15ClN2O4. The molecule has 21 heavy (non-hydrogen) atoms. The lowest BCUT2D eigenvalue weighted by molar-refractivity contribution is -2.00. The van der Waals surface area contributed by atoms with E-state index in [0.717, 1.165) is 0 Å². The predicted molar refractivity (Wildman–Crippen MR) is 65.3 cm³/mol. The van der Waals surface area contributed by atoms with Crippen molar-refractivity contribution in [1.29, 1.82) is 0 Å². The predicted octanol–water partition coefficient (Wildman–Crippen LogP) is -2.44. The third-order valence-electron chi connectivity index (χ3n) is 3.96. The minimum absolute atomic E-state index is 1.20. The number of rotatable bonds is 0. The highest BCUT2D eigenvalue weighted by Crippen LogP contribution is 2.28. The molecule has 0 spiro atoms. The van der Waals surface area contributed by atoms with Gasteiger partial charge in [0.25, 0.3) is 0 Å². The van der Waals surface area contributed by atoms with E-state index in [4.69, 9.17) is 18.6 Å². The van der Waals surface area contributed by atoms with Gasteiger partial charge in [-0.05, 0) is 11.6 Å². The first-order chi connectivity index (χ1) is 9.93. The van der Waals surface area contributed by atoms with E-state index in [0.29, 0.717) is 0 Å². The van der Waals surface area contributed by atoms with Crippen molar-refractivity contribution in [3.63, 3.8) is 0 Å². The molecule has 0 bridgehead atoms. The number of H-pyrrole nitrogens is 1. The molecular weight excluding hydrogens is 296 g/mol. The second-order valence-corrected chi connectivity index (χ2v) is 5.95. The summed E-state index contributed by atoms with van der Waals surface area (Å²) in [7, 11) is -4.94. The molecule has 0 saturated heterocycles.